The molecule has 1 N–H and O–H groups in total. The van der Waals surface area contributed by atoms with Gasteiger partial charge in [0.05, 0.1) is 0 Å². The first-order valence-electron chi connectivity index (χ1n) is 5.02. The Morgan fingerprint density at radius 2 is 1.81 bits per heavy atom. The largest absolute Gasteiger partial charge is 0.411 e. The average molecular weight is 223 g/mol. The molecule has 0 heterocycles. The summed E-state index contributed by atoms with van der Waals surface area (Å²) < 4.78 is 10.4. The number of benzene rings is 1. The lowest BCUT2D eigenvalue weighted by molar-refractivity contribution is -0.141. The van der Waals surface area contributed by atoms with Gasteiger partial charge in [-0.25, -0.2) is 0 Å². The van der Waals surface area contributed by atoms with Gasteiger partial charge in [-0.1, -0.05) is 35.5 Å². The molecule has 0 bridgehead atoms. The van der Waals surface area contributed by atoms with Crippen LogP contribution in [-0.4, -0.2) is 30.9 Å². The van der Waals surface area contributed by atoms with Crippen LogP contribution in [0.4, 0.5) is 0 Å². The number of nitrogens with zero attached hydrogens (tertiary/aromatic N) is 1. The summed E-state index contributed by atoms with van der Waals surface area (Å²) in [6, 6.07) is 9.71. The lowest BCUT2D eigenvalue weighted by Crippen LogP contribution is -2.40. The zero-order chi connectivity index (χ0) is 12.0. The second-order valence-corrected chi connectivity index (χ2v) is 3.56. The van der Waals surface area contributed by atoms with Crippen molar-refractivity contribution < 1.29 is 14.7 Å². The first kappa shape index (κ1) is 12.7. The van der Waals surface area contributed by atoms with Crippen LogP contribution in [0.3, 0.4) is 0 Å². The molecule has 0 aliphatic carbocycles. The van der Waals surface area contributed by atoms with Crippen LogP contribution in [0.5, 0.6) is 0 Å². The van der Waals surface area contributed by atoms with Gasteiger partial charge in [0.15, 0.2) is 0 Å². The number of rotatable bonds is 5. The summed E-state index contributed by atoms with van der Waals surface area (Å²) in [5.41, 5.74) is 1.47. The van der Waals surface area contributed by atoms with Crippen molar-refractivity contribution in [2.45, 2.75) is 19.1 Å². The molecule has 0 saturated heterocycles. The van der Waals surface area contributed by atoms with Crippen molar-refractivity contribution in [3.63, 3.8) is 0 Å². The second-order valence-electron chi connectivity index (χ2n) is 3.56. The molecule has 16 heavy (non-hydrogen) atoms. The summed E-state index contributed by atoms with van der Waals surface area (Å²) in [6.07, 6.45) is 0.482. The van der Waals surface area contributed by atoms with Gasteiger partial charge in [-0.15, -0.1) is 0 Å². The highest BCUT2D eigenvalue weighted by molar-refractivity contribution is 5.92. The highest BCUT2D eigenvalue weighted by Gasteiger charge is 2.30. The van der Waals surface area contributed by atoms with Gasteiger partial charge in [0.25, 0.3) is 0 Å². The Hall–Kier alpha value is -1.39. The van der Waals surface area contributed by atoms with Crippen LogP contribution in [0.2, 0.25) is 0 Å². The third-order valence-corrected chi connectivity index (χ3v) is 2.64. The monoisotopic (exact) mass is 223 g/mol. The first-order valence-corrected chi connectivity index (χ1v) is 5.02. The van der Waals surface area contributed by atoms with Crippen molar-refractivity contribution in [2.75, 3.05) is 14.2 Å². The van der Waals surface area contributed by atoms with E-state index < -0.39 is 5.79 Å². The molecule has 0 unspecified atom stereocenters. The number of hydrogen-bond donors (Lipinski definition) is 1. The van der Waals surface area contributed by atoms with Crippen molar-refractivity contribution in [3.05, 3.63) is 35.9 Å². The Balaban J connectivity index is 2.85. The van der Waals surface area contributed by atoms with E-state index in [4.69, 9.17) is 14.7 Å². The zero-order valence-electron chi connectivity index (χ0n) is 9.80. The maximum absolute atomic E-state index is 9.01. The van der Waals surface area contributed by atoms with Crippen LogP contribution in [-0.2, 0) is 15.9 Å². The van der Waals surface area contributed by atoms with Gasteiger partial charge in [-0.05, 0) is 12.5 Å². The summed E-state index contributed by atoms with van der Waals surface area (Å²) in [5, 5.41) is 12.3. The van der Waals surface area contributed by atoms with Crippen molar-refractivity contribution >= 4 is 5.71 Å². The molecule has 4 nitrogen and oxygen atoms in total. The maximum Gasteiger partial charge on any atom is 0.208 e. The van der Waals surface area contributed by atoms with Crippen LogP contribution in [0.15, 0.2) is 35.5 Å². The summed E-state index contributed by atoms with van der Waals surface area (Å²) in [7, 11) is 3.03. The molecule has 0 atom stereocenters. The zero-order valence-corrected chi connectivity index (χ0v) is 9.80. The molecular weight excluding hydrogens is 206 g/mol. The summed E-state index contributed by atoms with van der Waals surface area (Å²) in [6.45, 7) is 1.71. The SMILES string of the molecule is COC(C)(OC)/C(Cc1ccccc1)=N/O. The normalized spacial score (nSPS) is 12.8. The van der Waals surface area contributed by atoms with Crippen LogP contribution in [0.1, 0.15) is 12.5 Å². The van der Waals surface area contributed by atoms with E-state index in [1.54, 1.807) is 6.92 Å². The topological polar surface area (TPSA) is 51.0 Å². The fourth-order valence-corrected chi connectivity index (χ4v) is 1.39. The van der Waals surface area contributed by atoms with Crippen molar-refractivity contribution in [3.8, 4) is 0 Å². The van der Waals surface area contributed by atoms with Gasteiger partial charge >= 0.3 is 0 Å². The van der Waals surface area contributed by atoms with Crippen molar-refractivity contribution in [1.82, 2.24) is 0 Å². The predicted molar refractivity (Wildman–Crippen MR) is 61.8 cm³/mol. The quantitative estimate of drug-likeness (QED) is 0.360. The molecular formula is C12H17NO3. The Morgan fingerprint density at radius 3 is 2.25 bits per heavy atom. The Bertz CT molecular complexity index is 345. The second kappa shape index (κ2) is 5.63. The molecule has 0 amide bonds. The smallest absolute Gasteiger partial charge is 0.208 e. The Morgan fingerprint density at radius 1 is 1.25 bits per heavy atom. The van der Waals surface area contributed by atoms with E-state index in [0.717, 1.165) is 5.56 Å². The van der Waals surface area contributed by atoms with Crippen LogP contribution in [0, 0.1) is 0 Å². The van der Waals surface area contributed by atoms with E-state index in [0.29, 0.717) is 12.1 Å². The number of oxime groups is 1. The van der Waals surface area contributed by atoms with E-state index in [2.05, 4.69) is 5.16 Å². The fourth-order valence-electron chi connectivity index (χ4n) is 1.39. The minimum Gasteiger partial charge on any atom is -0.411 e. The molecule has 0 saturated carbocycles. The molecule has 88 valence electrons. The molecule has 1 aromatic carbocycles. The average Bonchev–Trinajstić information content (AvgIpc) is 2.36. The fraction of sp³-hybridized carbons (Fsp3) is 0.417. The molecule has 4 heteroatoms. The summed E-state index contributed by atoms with van der Waals surface area (Å²) >= 11 is 0. The van der Waals surface area contributed by atoms with Crippen LogP contribution in [0.25, 0.3) is 0 Å². The van der Waals surface area contributed by atoms with Gasteiger partial charge in [-0.3, -0.25) is 0 Å². The van der Waals surface area contributed by atoms with E-state index in [-0.39, 0.29) is 0 Å². The highest BCUT2D eigenvalue weighted by atomic mass is 16.7. The van der Waals surface area contributed by atoms with E-state index in [1.165, 1.54) is 14.2 Å². The van der Waals surface area contributed by atoms with Crippen molar-refractivity contribution in [2.24, 2.45) is 5.16 Å². The molecule has 0 fully saturated rings. The van der Waals surface area contributed by atoms with E-state index in [1.807, 2.05) is 30.3 Å². The molecule has 1 rings (SSSR count). The maximum atomic E-state index is 9.01. The van der Waals surface area contributed by atoms with E-state index >= 15 is 0 Å². The lowest BCUT2D eigenvalue weighted by Gasteiger charge is -2.27. The Kier molecular flexibility index (Phi) is 4.46. The van der Waals surface area contributed by atoms with Gasteiger partial charge in [0.2, 0.25) is 5.79 Å². The van der Waals surface area contributed by atoms with E-state index in [9.17, 15) is 0 Å². The number of ether oxygens (including phenoxy) is 2. The van der Waals surface area contributed by atoms with Gasteiger partial charge in [0, 0.05) is 20.6 Å². The molecule has 0 aliphatic heterocycles. The minimum atomic E-state index is -0.995. The molecule has 0 spiro atoms. The molecule has 0 aromatic heterocycles. The number of methoxy groups -OCH3 is 2. The third-order valence-electron chi connectivity index (χ3n) is 2.64. The molecule has 0 radical (unpaired) electrons. The van der Waals surface area contributed by atoms with Crippen LogP contribution < -0.4 is 0 Å². The molecule has 0 aliphatic rings. The van der Waals surface area contributed by atoms with Gasteiger partial charge in [0.1, 0.15) is 5.71 Å². The first-order chi connectivity index (χ1) is 7.66. The van der Waals surface area contributed by atoms with Crippen LogP contribution >= 0.6 is 0 Å². The lowest BCUT2D eigenvalue weighted by atomic mass is 10.0. The van der Waals surface area contributed by atoms with Crippen molar-refractivity contribution in [1.29, 1.82) is 0 Å². The third kappa shape index (κ3) is 2.81. The summed E-state index contributed by atoms with van der Waals surface area (Å²) in [5.74, 6) is -0.995. The summed E-state index contributed by atoms with van der Waals surface area (Å²) in [4.78, 5) is 0. The predicted octanol–water partition coefficient (Wildman–Crippen LogP) is 2.07. The van der Waals surface area contributed by atoms with Gasteiger partial charge < -0.3 is 14.7 Å². The number of hydrogen-bond acceptors (Lipinski definition) is 4. The van der Waals surface area contributed by atoms with Gasteiger partial charge in [-0.2, -0.15) is 0 Å². The standard InChI is InChI=1S/C12H17NO3/c1-12(15-2,16-3)11(13-14)9-10-7-5-4-6-8-10/h4-8,14H,9H2,1-3H3/b13-11+. The highest BCUT2D eigenvalue weighted by Crippen LogP contribution is 2.16. The Labute approximate surface area is 95.5 Å². The minimum absolute atomic E-state index is 0.434. The molecule has 1 aromatic rings.